The van der Waals surface area contributed by atoms with E-state index < -0.39 is 0 Å². The number of piperidine rings is 1. The van der Waals surface area contributed by atoms with Crippen molar-refractivity contribution in [3.8, 4) is 11.1 Å². The molecule has 1 N–H and O–H groups in total. The molecule has 0 saturated carbocycles. The first-order chi connectivity index (χ1) is 16.9. The standard InChI is InChI=1S/C26H26FN3O4S/c1-34-24(32)11-10-23(31)30-14-12-18(13-15-30)26-29-22(16-35-26)25(33)28-21-5-3-2-4-20(21)17-6-8-19(27)9-7-17/h2-9,16,18H,10-15H2,1H3,(H,28,33). The Kier molecular flexibility index (Phi) is 7.87. The number of hydrogen-bond acceptors (Lipinski definition) is 6. The van der Waals surface area contributed by atoms with Crippen molar-refractivity contribution in [3.63, 3.8) is 0 Å². The van der Waals surface area contributed by atoms with Crippen molar-refractivity contribution in [3.05, 3.63) is 70.4 Å². The highest BCUT2D eigenvalue weighted by atomic mass is 32.1. The maximum atomic E-state index is 13.3. The Balaban J connectivity index is 1.36. The van der Waals surface area contributed by atoms with Crippen LogP contribution < -0.4 is 5.32 Å². The van der Waals surface area contributed by atoms with Crippen LogP contribution in [-0.4, -0.2) is 47.9 Å². The smallest absolute Gasteiger partial charge is 0.306 e. The Hall–Kier alpha value is -3.59. The van der Waals surface area contributed by atoms with Crippen LogP contribution in [-0.2, 0) is 14.3 Å². The van der Waals surface area contributed by atoms with E-state index in [2.05, 4.69) is 15.0 Å². The minimum Gasteiger partial charge on any atom is -0.469 e. The minimum absolute atomic E-state index is 0.0483. The summed E-state index contributed by atoms with van der Waals surface area (Å²) in [5.41, 5.74) is 2.56. The number of halogens is 1. The third-order valence-electron chi connectivity index (χ3n) is 6.05. The molecule has 2 aromatic carbocycles. The van der Waals surface area contributed by atoms with Gasteiger partial charge in [0.05, 0.1) is 18.5 Å². The molecule has 4 rings (SSSR count). The van der Waals surface area contributed by atoms with E-state index in [0.29, 0.717) is 24.5 Å². The van der Waals surface area contributed by atoms with Crippen LogP contribution in [0.1, 0.15) is 47.1 Å². The van der Waals surface area contributed by atoms with Gasteiger partial charge in [0.1, 0.15) is 11.5 Å². The molecular formula is C26H26FN3O4S. The normalized spacial score (nSPS) is 13.9. The second kappa shape index (κ2) is 11.2. The lowest BCUT2D eigenvalue weighted by molar-refractivity contribution is -0.143. The number of carbonyl (C=O) groups excluding carboxylic acids is 3. The number of benzene rings is 2. The fourth-order valence-corrected chi connectivity index (χ4v) is 5.06. The van der Waals surface area contributed by atoms with Gasteiger partial charge in [0.2, 0.25) is 5.91 Å². The van der Waals surface area contributed by atoms with Crippen molar-refractivity contribution in [2.45, 2.75) is 31.6 Å². The number of aromatic nitrogens is 1. The van der Waals surface area contributed by atoms with Crippen LogP contribution in [0.25, 0.3) is 11.1 Å². The van der Waals surface area contributed by atoms with E-state index in [0.717, 1.165) is 29.0 Å². The van der Waals surface area contributed by atoms with E-state index in [1.807, 2.05) is 18.2 Å². The first-order valence-corrected chi connectivity index (χ1v) is 12.3. The molecule has 9 heteroatoms. The van der Waals surface area contributed by atoms with Crippen molar-refractivity contribution in [2.24, 2.45) is 0 Å². The number of hydrogen-bond donors (Lipinski definition) is 1. The molecular weight excluding hydrogens is 469 g/mol. The van der Waals surface area contributed by atoms with Gasteiger partial charge in [-0.3, -0.25) is 14.4 Å². The first-order valence-electron chi connectivity index (χ1n) is 11.4. The Morgan fingerprint density at radius 1 is 1.09 bits per heavy atom. The molecule has 7 nitrogen and oxygen atoms in total. The summed E-state index contributed by atoms with van der Waals surface area (Å²) in [4.78, 5) is 42.8. The molecule has 1 aliphatic rings. The summed E-state index contributed by atoms with van der Waals surface area (Å²) >= 11 is 1.45. The lowest BCUT2D eigenvalue weighted by Gasteiger charge is -2.31. The number of esters is 1. The molecule has 2 amide bonds. The quantitative estimate of drug-likeness (QED) is 0.473. The molecule has 0 aliphatic carbocycles. The number of para-hydroxylation sites is 1. The molecule has 0 radical (unpaired) electrons. The number of anilines is 1. The summed E-state index contributed by atoms with van der Waals surface area (Å²) in [5, 5.41) is 5.55. The maximum absolute atomic E-state index is 13.3. The van der Waals surface area contributed by atoms with Crippen molar-refractivity contribution in [1.82, 2.24) is 9.88 Å². The predicted molar refractivity (Wildman–Crippen MR) is 132 cm³/mol. The summed E-state index contributed by atoms with van der Waals surface area (Å²) in [6, 6.07) is 13.5. The monoisotopic (exact) mass is 495 g/mol. The van der Waals surface area contributed by atoms with E-state index >= 15 is 0 Å². The van der Waals surface area contributed by atoms with Crippen molar-refractivity contribution in [1.29, 1.82) is 0 Å². The third-order valence-corrected chi connectivity index (χ3v) is 7.06. The summed E-state index contributed by atoms with van der Waals surface area (Å²) < 4.78 is 17.9. The van der Waals surface area contributed by atoms with E-state index in [1.54, 1.807) is 28.5 Å². The number of methoxy groups -OCH3 is 1. The fraction of sp³-hybridized carbons (Fsp3) is 0.308. The molecule has 3 aromatic rings. The van der Waals surface area contributed by atoms with Crippen LogP contribution in [0.5, 0.6) is 0 Å². The molecule has 0 unspecified atom stereocenters. The molecule has 35 heavy (non-hydrogen) atoms. The Morgan fingerprint density at radius 2 is 1.80 bits per heavy atom. The van der Waals surface area contributed by atoms with Gasteiger partial charge in [-0.2, -0.15) is 0 Å². The van der Waals surface area contributed by atoms with Crippen LogP contribution in [0, 0.1) is 5.82 Å². The second-order valence-corrected chi connectivity index (χ2v) is 9.20. The van der Waals surface area contributed by atoms with Gasteiger partial charge >= 0.3 is 5.97 Å². The van der Waals surface area contributed by atoms with Gasteiger partial charge < -0.3 is 15.0 Å². The zero-order valence-corrected chi connectivity index (χ0v) is 20.1. The summed E-state index contributed by atoms with van der Waals surface area (Å²) in [7, 11) is 1.31. The number of nitrogens with one attached hydrogen (secondary N) is 1. The number of amides is 2. The molecule has 2 heterocycles. The van der Waals surface area contributed by atoms with Crippen molar-refractivity contribution in [2.75, 3.05) is 25.5 Å². The van der Waals surface area contributed by atoms with Gasteiger partial charge in [-0.05, 0) is 36.6 Å². The van der Waals surface area contributed by atoms with Gasteiger partial charge in [0.15, 0.2) is 0 Å². The fourth-order valence-electron chi connectivity index (χ4n) is 4.08. The summed E-state index contributed by atoms with van der Waals surface area (Å²) in [6.07, 6.45) is 1.75. The van der Waals surface area contributed by atoms with E-state index in [-0.39, 0.29) is 42.4 Å². The number of carbonyl (C=O) groups is 3. The zero-order chi connectivity index (χ0) is 24.8. The van der Waals surface area contributed by atoms with Gasteiger partial charge in [-0.25, -0.2) is 9.37 Å². The number of ether oxygens (including phenoxy) is 1. The Morgan fingerprint density at radius 3 is 2.51 bits per heavy atom. The first kappa shape index (κ1) is 24.5. The molecule has 0 spiro atoms. The predicted octanol–water partition coefficient (Wildman–Crippen LogP) is 4.86. The van der Waals surface area contributed by atoms with Crippen LogP contribution in [0.2, 0.25) is 0 Å². The van der Waals surface area contributed by atoms with E-state index in [1.165, 1.54) is 30.6 Å². The van der Waals surface area contributed by atoms with Gasteiger partial charge in [-0.15, -0.1) is 11.3 Å². The number of nitrogens with zero attached hydrogens (tertiary/aromatic N) is 2. The number of thiazole rings is 1. The van der Waals surface area contributed by atoms with E-state index in [4.69, 9.17) is 0 Å². The molecule has 1 aliphatic heterocycles. The molecule has 1 saturated heterocycles. The van der Waals surface area contributed by atoms with Gasteiger partial charge in [0, 0.05) is 42.1 Å². The lowest BCUT2D eigenvalue weighted by Crippen LogP contribution is -2.38. The van der Waals surface area contributed by atoms with Crippen molar-refractivity contribution >= 4 is 34.8 Å². The molecule has 0 bridgehead atoms. The van der Waals surface area contributed by atoms with Crippen molar-refractivity contribution < 1.29 is 23.5 Å². The van der Waals surface area contributed by atoms with Gasteiger partial charge in [0.25, 0.3) is 5.91 Å². The third kappa shape index (κ3) is 6.10. The average molecular weight is 496 g/mol. The maximum Gasteiger partial charge on any atom is 0.306 e. The van der Waals surface area contributed by atoms with Crippen LogP contribution >= 0.6 is 11.3 Å². The number of likely N-dealkylation sites (tertiary alicyclic amines) is 1. The number of rotatable bonds is 7. The van der Waals surface area contributed by atoms with Crippen LogP contribution in [0.3, 0.4) is 0 Å². The summed E-state index contributed by atoms with van der Waals surface area (Å²) in [6.45, 7) is 1.19. The Bertz CT molecular complexity index is 1200. The lowest BCUT2D eigenvalue weighted by atomic mass is 9.97. The highest BCUT2D eigenvalue weighted by molar-refractivity contribution is 7.10. The van der Waals surface area contributed by atoms with Gasteiger partial charge in [-0.1, -0.05) is 30.3 Å². The van der Waals surface area contributed by atoms with Crippen LogP contribution in [0.4, 0.5) is 10.1 Å². The SMILES string of the molecule is COC(=O)CCC(=O)N1CCC(c2nc(C(=O)Nc3ccccc3-c3ccc(F)cc3)cs2)CC1. The summed E-state index contributed by atoms with van der Waals surface area (Å²) in [5.74, 6) is -0.883. The minimum atomic E-state index is -0.387. The highest BCUT2D eigenvalue weighted by Crippen LogP contribution is 2.32. The molecule has 182 valence electrons. The largest absolute Gasteiger partial charge is 0.469 e. The second-order valence-electron chi connectivity index (χ2n) is 8.31. The Labute approximate surface area is 206 Å². The molecule has 1 aromatic heterocycles. The highest BCUT2D eigenvalue weighted by Gasteiger charge is 2.26. The van der Waals surface area contributed by atoms with Crippen LogP contribution in [0.15, 0.2) is 53.9 Å². The van der Waals surface area contributed by atoms with E-state index in [9.17, 15) is 18.8 Å². The zero-order valence-electron chi connectivity index (χ0n) is 19.3. The molecule has 1 fully saturated rings. The molecule has 0 atom stereocenters. The topological polar surface area (TPSA) is 88.6 Å². The average Bonchev–Trinajstić information content (AvgIpc) is 3.39.